The van der Waals surface area contributed by atoms with E-state index in [4.69, 9.17) is 4.74 Å². The minimum atomic E-state index is 0.123. The van der Waals surface area contributed by atoms with Gasteiger partial charge in [0.2, 0.25) is 0 Å². The number of rotatable bonds is 5. The van der Waals surface area contributed by atoms with Crippen molar-refractivity contribution in [3.63, 3.8) is 0 Å². The number of carbonyl (C=O) groups excluding carboxylic acids is 1. The van der Waals surface area contributed by atoms with Crippen LogP contribution >= 0.6 is 0 Å². The molecule has 0 aliphatic carbocycles. The molecule has 1 aliphatic heterocycles. The van der Waals surface area contributed by atoms with Gasteiger partial charge in [0.25, 0.3) is 0 Å². The summed E-state index contributed by atoms with van der Waals surface area (Å²) in [6.07, 6.45) is 3.13. The zero-order chi connectivity index (χ0) is 13.5. The average molecular weight is 257 g/mol. The Kier molecular flexibility index (Phi) is 6.43. The normalized spacial score (nSPS) is 18.8. The molecule has 5 heteroatoms. The highest BCUT2D eigenvalue weighted by molar-refractivity contribution is 5.73. The number of hydrogen-bond donors (Lipinski definition) is 1. The molecular weight excluding hydrogens is 230 g/mol. The molecule has 1 N–H and O–H groups in total. The predicted octanol–water partition coefficient (Wildman–Crippen LogP) is 1.15. The lowest BCUT2D eigenvalue weighted by atomic mass is 10.0. The molecule has 0 bridgehead atoms. The molecule has 0 saturated carbocycles. The van der Waals surface area contributed by atoms with Crippen LogP contribution in [0.5, 0.6) is 0 Å². The monoisotopic (exact) mass is 257 g/mol. The molecule has 0 aromatic heterocycles. The van der Waals surface area contributed by atoms with Gasteiger partial charge in [-0.05, 0) is 19.3 Å². The molecule has 1 fully saturated rings. The van der Waals surface area contributed by atoms with Crippen LogP contribution in [0, 0.1) is 0 Å². The van der Waals surface area contributed by atoms with Gasteiger partial charge in [0, 0.05) is 46.4 Å². The molecule has 1 atom stereocenters. The van der Waals surface area contributed by atoms with Gasteiger partial charge < -0.3 is 19.9 Å². The molecule has 0 aromatic rings. The Morgan fingerprint density at radius 1 is 1.44 bits per heavy atom. The minimum absolute atomic E-state index is 0.123. The van der Waals surface area contributed by atoms with E-state index in [0.717, 1.165) is 39.0 Å². The van der Waals surface area contributed by atoms with Crippen LogP contribution in [-0.2, 0) is 4.74 Å². The Morgan fingerprint density at radius 2 is 2.06 bits per heavy atom. The van der Waals surface area contributed by atoms with Gasteiger partial charge in [-0.2, -0.15) is 0 Å². The van der Waals surface area contributed by atoms with E-state index in [9.17, 15) is 4.79 Å². The Bertz CT molecular complexity index is 251. The van der Waals surface area contributed by atoms with Crippen LogP contribution in [-0.4, -0.2) is 68.8 Å². The number of urea groups is 1. The van der Waals surface area contributed by atoms with E-state index in [1.807, 2.05) is 4.90 Å². The maximum absolute atomic E-state index is 11.8. The maximum Gasteiger partial charge on any atom is 0.319 e. The van der Waals surface area contributed by atoms with Gasteiger partial charge in [-0.15, -0.1) is 0 Å². The smallest absolute Gasteiger partial charge is 0.319 e. The zero-order valence-electron chi connectivity index (χ0n) is 12.1. The molecule has 1 rings (SSSR count). The van der Waals surface area contributed by atoms with Crippen molar-refractivity contribution in [2.75, 3.05) is 40.9 Å². The molecular formula is C13H27N3O2. The van der Waals surface area contributed by atoms with Crippen molar-refractivity contribution >= 4 is 6.03 Å². The van der Waals surface area contributed by atoms with Crippen LogP contribution in [0.15, 0.2) is 0 Å². The Morgan fingerprint density at radius 3 is 2.50 bits per heavy atom. The number of methoxy groups -OCH3 is 1. The first kappa shape index (κ1) is 15.2. The second-order valence-electron chi connectivity index (χ2n) is 5.17. The van der Waals surface area contributed by atoms with Crippen LogP contribution in [0.25, 0.3) is 0 Å². The fraction of sp³-hybridized carbons (Fsp3) is 0.923. The third-order valence-corrected chi connectivity index (χ3v) is 3.48. The summed E-state index contributed by atoms with van der Waals surface area (Å²) in [6, 6.07) is 1.06. The summed E-state index contributed by atoms with van der Waals surface area (Å²) >= 11 is 0. The molecule has 2 amide bonds. The van der Waals surface area contributed by atoms with Crippen molar-refractivity contribution < 1.29 is 9.53 Å². The number of amides is 2. The summed E-state index contributed by atoms with van der Waals surface area (Å²) in [5.41, 5.74) is 0. The van der Waals surface area contributed by atoms with Crippen molar-refractivity contribution in [3.05, 3.63) is 0 Å². The SMILES string of the molecule is CCC(COC)NC1CCN(C(=O)N(C)C)CC1. The summed E-state index contributed by atoms with van der Waals surface area (Å²) in [5, 5.41) is 3.62. The van der Waals surface area contributed by atoms with Crippen molar-refractivity contribution in [2.24, 2.45) is 0 Å². The highest BCUT2D eigenvalue weighted by Crippen LogP contribution is 2.12. The second-order valence-corrected chi connectivity index (χ2v) is 5.17. The predicted molar refractivity (Wildman–Crippen MR) is 72.8 cm³/mol. The summed E-state index contributed by atoms with van der Waals surface area (Å²) in [4.78, 5) is 15.4. The molecule has 1 aliphatic rings. The zero-order valence-corrected chi connectivity index (χ0v) is 12.1. The van der Waals surface area contributed by atoms with E-state index in [2.05, 4.69) is 12.2 Å². The number of carbonyl (C=O) groups is 1. The van der Waals surface area contributed by atoms with Crippen molar-refractivity contribution in [1.29, 1.82) is 0 Å². The highest BCUT2D eigenvalue weighted by atomic mass is 16.5. The average Bonchev–Trinajstić information content (AvgIpc) is 2.38. The van der Waals surface area contributed by atoms with Gasteiger partial charge in [0.1, 0.15) is 0 Å². The lowest BCUT2D eigenvalue weighted by Crippen LogP contribution is -2.50. The number of nitrogens with one attached hydrogen (secondary N) is 1. The van der Waals surface area contributed by atoms with Crippen LogP contribution in [0.4, 0.5) is 4.79 Å². The van der Waals surface area contributed by atoms with E-state index in [1.54, 1.807) is 26.1 Å². The quantitative estimate of drug-likeness (QED) is 0.803. The first-order valence-corrected chi connectivity index (χ1v) is 6.79. The van der Waals surface area contributed by atoms with E-state index in [1.165, 1.54) is 0 Å². The molecule has 18 heavy (non-hydrogen) atoms. The third kappa shape index (κ3) is 4.46. The highest BCUT2D eigenvalue weighted by Gasteiger charge is 2.24. The first-order chi connectivity index (χ1) is 8.58. The number of likely N-dealkylation sites (tertiary alicyclic amines) is 1. The van der Waals surface area contributed by atoms with Crippen LogP contribution in [0.1, 0.15) is 26.2 Å². The summed E-state index contributed by atoms with van der Waals surface area (Å²) in [5.74, 6) is 0. The molecule has 0 spiro atoms. The van der Waals surface area contributed by atoms with Crippen LogP contribution < -0.4 is 5.32 Å². The Hall–Kier alpha value is -0.810. The minimum Gasteiger partial charge on any atom is -0.383 e. The first-order valence-electron chi connectivity index (χ1n) is 6.79. The Balaban J connectivity index is 2.32. The fourth-order valence-corrected chi connectivity index (χ4v) is 2.34. The van der Waals surface area contributed by atoms with E-state index in [0.29, 0.717) is 12.1 Å². The van der Waals surface area contributed by atoms with E-state index >= 15 is 0 Å². The number of nitrogens with zero attached hydrogens (tertiary/aromatic N) is 2. The van der Waals surface area contributed by atoms with E-state index < -0.39 is 0 Å². The topological polar surface area (TPSA) is 44.8 Å². The van der Waals surface area contributed by atoms with Crippen molar-refractivity contribution in [2.45, 2.75) is 38.3 Å². The van der Waals surface area contributed by atoms with E-state index in [-0.39, 0.29) is 6.03 Å². The molecule has 1 unspecified atom stereocenters. The van der Waals surface area contributed by atoms with Gasteiger partial charge in [-0.25, -0.2) is 4.79 Å². The molecule has 5 nitrogen and oxygen atoms in total. The number of hydrogen-bond acceptors (Lipinski definition) is 3. The van der Waals surface area contributed by atoms with Gasteiger partial charge in [-0.3, -0.25) is 0 Å². The third-order valence-electron chi connectivity index (χ3n) is 3.48. The number of ether oxygens (including phenoxy) is 1. The Labute approximate surface area is 110 Å². The van der Waals surface area contributed by atoms with Gasteiger partial charge in [0.15, 0.2) is 0 Å². The fourth-order valence-electron chi connectivity index (χ4n) is 2.34. The molecule has 106 valence electrons. The standard InChI is InChI=1S/C13H27N3O2/c1-5-11(10-18-4)14-12-6-8-16(9-7-12)13(17)15(2)3/h11-12,14H,5-10H2,1-4H3. The summed E-state index contributed by atoms with van der Waals surface area (Å²) in [6.45, 7) is 4.62. The lowest BCUT2D eigenvalue weighted by molar-refractivity contribution is 0.133. The number of piperidine rings is 1. The molecule has 0 radical (unpaired) electrons. The van der Waals surface area contributed by atoms with Gasteiger partial charge in [0.05, 0.1) is 6.61 Å². The van der Waals surface area contributed by atoms with Crippen molar-refractivity contribution in [3.8, 4) is 0 Å². The maximum atomic E-state index is 11.8. The lowest BCUT2D eigenvalue weighted by Gasteiger charge is -2.35. The summed E-state index contributed by atoms with van der Waals surface area (Å²) in [7, 11) is 5.35. The van der Waals surface area contributed by atoms with Gasteiger partial charge in [-0.1, -0.05) is 6.92 Å². The second kappa shape index (κ2) is 7.59. The van der Waals surface area contributed by atoms with Crippen molar-refractivity contribution in [1.82, 2.24) is 15.1 Å². The molecule has 1 saturated heterocycles. The molecule has 0 aromatic carbocycles. The van der Waals surface area contributed by atoms with Crippen LogP contribution in [0.2, 0.25) is 0 Å². The van der Waals surface area contributed by atoms with Crippen LogP contribution in [0.3, 0.4) is 0 Å². The molecule has 1 heterocycles. The largest absolute Gasteiger partial charge is 0.383 e. The van der Waals surface area contributed by atoms with Gasteiger partial charge >= 0.3 is 6.03 Å². The summed E-state index contributed by atoms with van der Waals surface area (Å²) < 4.78 is 5.19.